The third-order valence-electron chi connectivity index (χ3n) is 2.34. The predicted molar refractivity (Wildman–Crippen MR) is 64.3 cm³/mol. The molecule has 0 radical (unpaired) electrons. The van der Waals surface area contributed by atoms with Crippen LogP contribution in [0.15, 0.2) is 18.3 Å². The number of nitrogen functional groups attached to an aromatic ring is 1. The smallest absolute Gasteiger partial charge is 0.352 e. The van der Waals surface area contributed by atoms with E-state index in [2.05, 4.69) is 15.7 Å². The molecule has 0 spiro atoms. The second kappa shape index (κ2) is 6.93. The van der Waals surface area contributed by atoms with Crippen LogP contribution in [0, 0.1) is 0 Å². The first-order chi connectivity index (χ1) is 8.92. The number of nitrogens with two attached hydrogens (primary N) is 1. The summed E-state index contributed by atoms with van der Waals surface area (Å²) < 4.78 is 35.6. The van der Waals surface area contributed by atoms with E-state index in [0.717, 1.165) is 0 Å². The molecular formula is C11H15F3N4O. The largest absolute Gasteiger partial charge is 0.389 e. The maximum absolute atomic E-state index is 11.9. The van der Waals surface area contributed by atoms with Gasteiger partial charge in [0.1, 0.15) is 5.82 Å². The lowest BCUT2D eigenvalue weighted by Crippen LogP contribution is -2.25. The molecule has 5 nitrogen and oxygen atoms in total. The predicted octanol–water partition coefficient (Wildman–Crippen LogP) is 1.83. The third-order valence-corrected chi connectivity index (χ3v) is 2.34. The SMILES string of the molecule is NNc1cc(C(=O)NCCCCC(F)(F)F)ccn1. The Morgan fingerprint density at radius 1 is 1.37 bits per heavy atom. The fourth-order valence-corrected chi connectivity index (χ4v) is 1.41. The van der Waals surface area contributed by atoms with Gasteiger partial charge in [0.25, 0.3) is 5.91 Å². The summed E-state index contributed by atoms with van der Waals surface area (Å²) in [6.45, 7) is 0.197. The van der Waals surface area contributed by atoms with Crippen LogP contribution in [0.4, 0.5) is 19.0 Å². The lowest BCUT2D eigenvalue weighted by molar-refractivity contribution is -0.135. The number of rotatable bonds is 6. The summed E-state index contributed by atoms with van der Waals surface area (Å²) in [6, 6.07) is 2.94. The number of carbonyl (C=O) groups excluding carboxylic acids is 1. The topological polar surface area (TPSA) is 80.0 Å². The molecular weight excluding hydrogens is 261 g/mol. The normalized spacial score (nSPS) is 11.2. The molecule has 4 N–H and O–H groups in total. The quantitative estimate of drug-likeness (QED) is 0.421. The monoisotopic (exact) mass is 276 g/mol. The number of halogens is 3. The van der Waals surface area contributed by atoms with Gasteiger partial charge < -0.3 is 10.7 Å². The van der Waals surface area contributed by atoms with Crippen molar-refractivity contribution in [1.29, 1.82) is 0 Å². The number of pyridine rings is 1. The minimum Gasteiger partial charge on any atom is -0.352 e. The van der Waals surface area contributed by atoms with Gasteiger partial charge in [-0.25, -0.2) is 10.8 Å². The highest BCUT2D eigenvalue weighted by atomic mass is 19.4. The van der Waals surface area contributed by atoms with Gasteiger partial charge in [-0.05, 0) is 25.0 Å². The highest BCUT2D eigenvalue weighted by Gasteiger charge is 2.25. The molecule has 0 unspecified atom stereocenters. The lowest BCUT2D eigenvalue weighted by Gasteiger charge is -2.07. The minimum atomic E-state index is -4.14. The van der Waals surface area contributed by atoms with Gasteiger partial charge in [0.15, 0.2) is 0 Å². The van der Waals surface area contributed by atoms with Crippen LogP contribution in [0.3, 0.4) is 0 Å². The number of nitrogens with zero attached hydrogens (tertiary/aromatic N) is 1. The standard InChI is InChI=1S/C11H15F3N4O/c12-11(13,14)4-1-2-5-17-10(19)8-3-6-16-9(7-8)18-15/h3,6-7H,1-2,4-5,15H2,(H,16,18)(H,17,19). The maximum atomic E-state index is 11.9. The van der Waals surface area contributed by atoms with Crippen LogP contribution in [-0.4, -0.2) is 23.6 Å². The van der Waals surface area contributed by atoms with E-state index in [0.29, 0.717) is 11.4 Å². The van der Waals surface area contributed by atoms with Gasteiger partial charge in [-0.3, -0.25) is 4.79 Å². The van der Waals surface area contributed by atoms with Crippen molar-refractivity contribution >= 4 is 11.7 Å². The molecule has 19 heavy (non-hydrogen) atoms. The van der Waals surface area contributed by atoms with Gasteiger partial charge in [-0.1, -0.05) is 0 Å². The first-order valence-electron chi connectivity index (χ1n) is 5.70. The molecule has 0 saturated carbocycles. The fourth-order valence-electron chi connectivity index (χ4n) is 1.41. The summed E-state index contributed by atoms with van der Waals surface area (Å²) in [4.78, 5) is 15.5. The summed E-state index contributed by atoms with van der Waals surface area (Å²) in [5, 5.41) is 2.53. The van der Waals surface area contributed by atoms with E-state index >= 15 is 0 Å². The Balaban J connectivity index is 2.31. The van der Waals surface area contributed by atoms with Crippen molar-refractivity contribution in [2.24, 2.45) is 5.84 Å². The number of carbonyl (C=O) groups is 1. The highest BCUT2D eigenvalue weighted by molar-refractivity contribution is 5.94. The van der Waals surface area contributed by atoms with Crippen LogP contribution in [0.5, 0.6) is 0 Å². The molecule has 0 saturated heterocycles. The maximum Gasteiger partial charge on any atom is 0.389 e. The zero-order valence-corrected chi connectivity index (χ0v) is 10.1. The first-order valence-corrected chi connectivity index (χ1v) is 5.70. The molecule has 0 atom stereocenters. The summed E-state index contributed by atoms with van der Waals surface area (Å²) in [5.74, 6) is 5.12. The Kier molecular flexibility index (Phi) is 5.56. The van der Waals surface area contributed by atoms with E-state index in [4.69, 9.17) is 5.84 Å². The van der Waals surface area contributed by atoms with Gasteiger partial charge in [0, 0.05) is 24.7 Å². The van der Waals surface area contributed by atoms with Crippen molar-refractivity contribution in [2.75, 3.05) is 12.0 Å². The Hall–Kier alpha value is -1.83. The molecule has 8 heteroatoms. The average molecular weight is 276 g/mol. The van der Waals surface area contributed by atoms with Gasteiger partial charge in [0.2, 0.25) is 0 Å². The van der Waals surface area contributed by atoms with Gasteiger partial charge in [-0.2, -0.15) is 13.2 Å². The molecule has 1 amide bonds. The van der Waals surface area contributed by atoms with Crippen molar-refractivity contribution in [3.63, 3.8) is 0 Å². The molecule has 1 aromatic rings. The number of nitrogens with one attached hydrogen (secondary N) is 2. The zero-order valence-electron chi connectivity index (χ0n) is 10.1. The minimum absolute atomic E-state index is 0.00424. The van der Waals surface area contributed by atoms with Crippen molar-refractivity contribution in [1.82, 2.24) is 10.3 Å². The molecule has 1 aromatic heterocycles. The number of aromatic nitrogens is 1. The second-order valence-electron chi connectivity index (χ2n) is 3.90. The molecule has 106 valence electrons. The first kappa shape index (κ1) is 15.2. The van der Waals surface area contributed by atoms with Crippen molar-refractivity contribution < 1.29 is 18.0 Å². The number of anilines is 1. The summed E-state index contributed by atoms with van der Waals surface area (Å²) in [6.07, 6.45) is -3.29. The van der Waals surface area contributed by atoms with Crippen molar-refractivity contribution in [3.05, 3.63) is 23.9 Å². The van der Waals surface area contributed by atoms with Crippen LogP contribution in [0.1, 0.15) is 29.6 Å². The molecule has 0 fully saturated rings. The molecule has 1 heterocycles. The van der Waals surface area contributed by atoms with E-state index in [1.807, 2.05) is 0 Å². The van der Waals surface area contributed by atoms with Gasteiger partial charge >= 0.3 is 6.18 Å². The van der Waals surface area contributed by atoms with Gasteiger partial charge in [0.05, 0.1) is 0 Å². The Bertz CT molecular complexity index is 423. The summed E-state index contributed by atoms with van der Waals surface area (Å²) >= 11 is 0. The van der Waals surface area contributed by atoms with E-state index in [-0.39, 0.29) is 25.3 Å². The van der Waals surface area contributed by atoms with Crippen molar-refractivity contribution in [2.45, 2.75) is 25.4 Å². The summed E-state index contributed by atoms with van der Waals surface area (Å²) in [5.41, 5.74) is 2.65. The number of alkyl halides is 3. The number of hydrogen-bond acceptors (Lipinski definition) is 4. The van der Waals surface area contributed by atoms with Crippen LogP contribution in [0.2, 0.25) is 0 Å². The molecule has 0 aliphatic carbocycles. The molecule has 0 aromatic carbocycles. The van der Waals surface area contributed by atoms with E-state index in [1.165, 1.54) is 18.3 Å². The van der Waals surface area contributed by atoms with E-state index < -0.39 is 12.6 Å². The molecule has 0 aliphatic heterocycles. The Morgan fingerprint density at radius 3 is 2.74 bits per heavy atom. The lowest BCUT2D eigenvalue weighted by atomic mass is 10.2. The van der Waals surface area contributed by atoms with Crippen LogP contribution >= 0.6 is 0 Å². The number of hydrogen-bond donors (Lipinski definition) is 3. The second-order valence-corrected chi connectivity index (χ2v) is 3.90. The van der Waals surface area contributed by atoms with E-state index in [1.54, 1.807) is 0 Å². The van der Waals surface area contributed by atoms with E-state index in [9.17, 15) is 18.0 Å². The summed E-state index contributed by atoms with van der Waals surface area (Å²) in [7, 11) is 0. The molecule has 0 aliphatic rings. The highest BCUT2D eigenvalue weighted by Crippen LogP contribution is 2.21. The van der Waals surface area contributed by atoms with Crippen molar-refractivity contribution in [3.8, 4) is 0 Å². The molecule has 0 bridgehead atoms. The van der Waals surface area contributed by atoms with Crippen LogP contribution in [0.25, 0.3) is 0 Å². The molecule has 1 rings (SSSR count). The Labute approximate surface area is 108 Å². The third kappa shape index (κ3) is 6.05. The van der Waals surface area contributed by atoms with Crippen LogP contribution < -0.4 is 16.6 Å². The number of unbranched alkanes of at least 4 members (excludes halogenated alkanes) is 1. The average Bonchev–Trinajstić information content (AvgIpc) is 2.37. The fraction of sp³-hybridized carbons (Fsp3) is 0.455. The number of hydrazine groups is 1. The zero-order chi connectivity index (χ0) is 14.3. The number of amides is 1. The van der Waals surface area contributed by atoms with Crippen LogP contribution in [-0.2, 0) is 0 Å². The Morgan fingerprint density at radius 2 is 2.11 bits per heavy atom. The van der Waals surface area contributed by atoms with Gasteiger partial charge in [-0.15, -0.1) is 0 Å².